The van der Waals surface area contributed by atoms with Gasteiger partial charge in [-0.2, -0.15) is 0 Å². The summed E-state index contributed by atoms with van der Waals surface area (Å²) in [7, 11) is 0. The summed E-state index contributed by atoms with van der Waals surface area (Å²) >= 11 is 0. The van der Waals surface area contributed by atoms with Crippen molar-refractivity contribution < 1.29 is 58.5 Å². The van der Waals surface area contributed by atoms with Gasteiger partial charge in [0.1, 0.15) is 59.8 Å². The van der Waals surface area contributed by atoms with Crippen molar-refractivity contribution >= 4 is 64.1 Å². The fourth-order valence-corrected chi connectivity index (χ4v) is 9.81. The van der Waals surface area contributed by atoms with E-state index in [2.05, 4.69) is 42.2 Å². The number of nitrogens with two attached hydrogens (primary N) is 1. The molecule has 0 radical (unpaired) electrons. The Labute approximate surface area is 456 Å². The number of carbonyl (C=O) groups is 9. The van der Waals surface area contributed by atoms with Crippen molar-refractivity contribution in [3.8, 4) is 11.5 Å². The second-order valence-electron chi connectivity index (χ2n) is 20.3. The minimum Gasteiger partial charge on any atom is -0.508 e. The number of H-pyrrole nitrogens is 1. The van der Waals surface area contributed by atoms with Gasteiger partial charge in [-0.15, -0.1) is 0 Å². The number of unbranched alkanes of at least 4 members (excludes halogenated alkanes) is 1. The molecule has 22 nitrogen and oxygen atoms in total. The lowest BCUT2D eigenvalue weighted by molar-refractivity contribution is -0.143. The molecule has 7 rings (SSSR count). The number of nitrogens with zero attached hydrogens (tertiary/aromatic N) is 1. The first kappa shape index (κ1) is 57.9. The number of carboxylic acids is 1. The number of phenolic OH excluding ortho intramolecular Hbond substituents is 2. The predicted octanol–water partition coefficient (Wildman–Crippen LogP) is 1.64. The summed E-state index contributed by atoms with van der Waals surface area (Å²) in [6.45, 7) is 3.64. The van der Waals surface area contributed by atoms with Crippen molar-refractivity contribution in [2.75, 3.05) is 13.1 Å². The molecule has 4 aromatic carbocycles. The van der Waals surface area contributed by atoms with Crippen molar-refractivity contribution in [3.05, 3.63) is 132 Å². The molecular formula is C57H68N10O12. The number of nitrogens with one attached hydrogen (secondary N) is 8. The second kappa shape index (κ2) is 27.0. The Bertz CT molecular complexity index is 2990. The molecule has 5 aromatic rings. The van der Waals surface area contributed by atoms with Gasteiger partial charge in [-0.3, -0.25) is 43.2 Å². The average Bonchev–Trinajstić information content (AvgIpc) is 4.12. The highest BCUT2D eigenvalue weighted by atomic mass is 16.4. The first-order valence-electron chi connectivity index (χ1n) is 26.4. The van der Waals surface area contributed by atoms with E-state index in [-0.39, 0.29) is 62.3 Å². The van der Waals surface area contributed by atoms with Gasteiger partial charge in [-0.05, 0) is 97.2 Å². The number of para-hydroxylation sites is 1. The summed E-state index contributed by atoms with van der Waals surface area (Å²) in [4.78, 5) is 134. The van der Waals surface area contributed by atoms with Gasteiger partial charge in [0, 0.05) is 42.9 Å². The SMILES string of the molecule is CC(C)[C@@H]1NC(=O)[C@H](CCCCN)NC(=O)[C@H](Cc2c[nH]c3ccccc23)NC(=O)[C@H](Cc2ccccc2)NC(=O)[C@H](CC(=O)O)NC(=O)[C@H](Cc2ccc(O)cc2)NC(=O)[C@@H]2CCCN2C(=O)[C@H](c2ccc(O)cc2)NC1=O. The van der Waals surface area contributed by atoms with Crippen LogP contribution in [-0.2, 0) is 62.4 Å². The Morgan fingerprint density at radius 2 is 1.13 bits per heavy atom. The minimum atomic E-state index is -1.85. The first-order valence-corrected chi connectivity index (χ1v) is 26.4. The normalized spacial score (nSPS) is 23.3. The Balaban J connectivity index is 1.32. The van der Waals surface area contributed by atoms with Crippen LogP contribution in [0.15, 0.2) is 109 Å². The Morgan fingerprint density at radius 1 is 0.595 bits per heavy atom. The van der Waals surface area contributed by atoms with Crippen LogP contribution in [0.4, 0.5) is 0 Å². The van der Waals surface area contributed by atoms with Gasteiger partial charge in [0.15, 0.2) is 0 Å². The number of amides is 8. The van der Waals surface area contributed by atoms with Crippen molar-refractivity contribution in [2.24, 2.45) is 11.7 Å². The summed E-state index contributed by atoms with van der Waals surface area (Å²) in [5.41, 5.74) is 8.38. The maximum absolute atomic E-state index is 14.9. The molecule has 2 aliphatic rings. The van der Waals surface area contributed by atoms with Crippen LogP contribution in [0.3, 0.4) is 0 Å². The molecule has 2 fully saturated rings. The summed E-state index contributed by atoms with van der Waals surface area (Å²) in [5.74, 6) is -9.26. The van der Waals surface area contributed by atoms with Crippen LogP contribution in [0, 0.1) is 5.92 Å². The topological polar surface area (TPSA) is 344 Å². The third-order valence-corrected chi connectivity index (χ3v) is 14.1. The summed E-state index contributed by atoms with van der Waals surface area (Å²) in [6.07, 6.45) is 1.40. The van der Waals surface area contributed by atoms with Crippen molar-refractivity contribution in [1.29, 1.82) is 0 Å². The molecule has 2 saturated heterocycles. The van der Waals surface area contributed by atoms with Gasteiger partial charge >= 0.3 is 5.97 Å². The quantitative estimate of drug-likeness (QED) is 0.0705. The molecule has 0 spiro atoms. The first-order chi connectivity index (χ1) is 37.9. The number of fused-ring (bicyclic) bond motifs is 2. The van der Waals surface area contributed by atoms with Crippen LogP contribution in [0.1, 0.15) is 80.7 Å². The highest BCUT2D eigenvalue weighted by molar-refractivity contribution is 6.00. The molecule has 0 bridgehead atoms. The number of hydrogen-bond acceptors (Lipinski definition) is 12. The molecule has 0 aliphatic carbocycles. The largest absolute Gasteiger partial charge is 0.508 e. The summed E-state index contributed by atoms with van der Waals surface area (Å²) in [6, 6.07) is 15.3. The fourth-order valence-electron chi connectivity index (χ4n) is 9.81. The van der Waals surface area contributed by atoms with Crippen LogP contribution in [0.25, 0.3) is 10.9 Å². The lowest BCUT2D eigenvalue weighted by Crippen LogP contribution is -2.61. The van der Waals surface area contributed by atoms with Crippen LogP contribution >= 0.6 is 0 Å². The zero-order chi connectivity index (χ0) is 56.8. The molecule has 2 aliphatic heterocycles. The second-order valence-corrected chi connectivity index (χ2v) is 20.3. The van der Waals surface area contributed by atoms with E-state index in [1.54, 1.807) is 56.4 Å². The van der Waals surface area contributed by atoms with E-state index in [4.69, 9.17) is 5.73 Å². The van der Waals surface area contributed by atoms with Gasteiger partial charge in [0.05, 0.1) is 6.42 Å². The standard InChI is InChI=1S/C57H68N10O12/c1-32(2)48-56(78)66-49(35-19-23-38(69)24-20-35)57(79)67-26-10-16-46(67)55(77)64-43(28-34-17-21-37(68)22-18-34)52(74)63-45(30-47(70)71)54(76)61-42(27-33-11-4-3-5-12-33)51(73)62-44(29-36-31-59-40-14-7-6-13-39(36)40)53(75)60-41(50(72)65-48)15-8-9-25-58/h3-7,11-14,17-24,31-32,41-46,48-49,59,68-69H,8-10,15-16,25-30,58H2,1-2H3,(H,60,75)(H,61,76)(H,62,73)(H,63,74)(H,64,77)(H,65,72)(H,66,78)(H,70,71)/t41-,42-,43-,44-,45-,46-,48-,49-/m0/s1. The number of aromatic hydroxyl groups is 2. The number of aliphatic carboxylic acids is 1. The molecule has 13 N–H and O–H groups in total. The maximum Gasteiger partial charge on any atom is 0.305 e. The van der Waals surface area contributed by atoms with Crippen LogP contribution in [-0.4, -0.2) is 134 Å². The van der Waals surface area contributed by atoms with Crippen molar-refractivity contribution in [1.82, 2.24) is 47.1 Å². The summed E-state index contributed by atoms with van der Waals surface area (Å²) < 4.78 is 0. The molecule has 8 amide bonds. The molecule has 3 heterocycles. The lowest BCUT2D eigenvalue weighted by atomic mass is 9.99. The van der Waals surface area contributed by atoms with Crippen LogP contribution < -0.4 is 43.0 Å². The molecule has 418 valence electrons. The highest BCUT2D eigenvalue weighted by Gasteiger charge is 2.42. The van der Waals surface area contributed by atoms with E-state index in [0.717, 1.165) is 10.9 Å². The van der Waals surface area contributed by atoms with Gasteiger partial charge in [0.25, 0.3) is 0 Å². The third-order valence-electron chi connectivity index (χ3n) is 14.1. The Morgan fingerprint density at radius 3 is 1.75 bits per heavy atom. The van der Waals surface area contributed by atoms with Gasteiger partial charge in [0.2, 0.25) is 47.3 Å². The van der Waals surface area contributed by atoms with E-state index in [0.29, 0.717) is 36.0 Å². The maximum atomic E-state index is 14.9. The molecule has 0 unspecified atom stereocenters. The molecule has 22 heteroatoms. The number of carboxylic acid groups (broad SMARTS) is 1. The highest BCUT2D eigenvalue weighted by Crippen LogP contribution is 2.27. The molecule has 0 saturated carbocycles. The van der Waals surface area contributed by atoms with E-state index >= 15 is 0 Å². The molecular weight excluding hydrogens is 1020 g/mol. The summed E-state index contributed by atoms with van der Waals surface area (Å²) in [5, 5.41) is 50.1. The van der Waals surface area contributed by atoms with Gasteiger partial charge in [-0.1, -0.05) is 86.6 Å². The molecule has 8 atom stereocenters. The molecule has 79 heavy (non-hydrogen) atoms. The van der Waals surface area contributed by atoms with Gasteiger partial charge in [-0.25, -0.2) is 0 Å². The Hall–Kier alpha value is -8.79. The van der Waals surface area contributed by atoms with Crippen molar-refractivity contribution in [3.63, 3.8) is 0 Å². The van der Waals surface area contributed by atoms with E-state index in [1.807, 2.05) is 18.2 Å². The number of benzene rings is 4. The van der Waals surface area contributed by atoms with E-state index < -0.39 is 114 Å². The number of phenols is 2. The number of hydrogen-bond donors (Lipinski definition) is 12. The number of carbonyl (C=O) groups excluding carboxylic acids is 8. The Kier molecular flexibility index (Phi) is 19.8. The number of rotatable bonds is 14. The lowest BCUT2D eigenvalue weighted by Gasteiger charge is -2.32. The monoisotopic (exact) mass is 1080 g/mol. The third kappa shape index (κ3) is 15.5. The predicted molar refractivity (Wildman–Crippen MR) is 289 cm³/mol. The molecule has 1 aromatic heterocycles. The smallest absolute Gasteiger partial charge is 0.305 e. The average molecular weight is 1090 g/mol. The zero-order valence-electron chi connectivity index (χ0n) is 43.9. The number of aromatic amines is 1. The van der Waals surface area contributed by atoms with Gasteiger partial charge < -0.3 is 68.2 Å². The van der Waals surface area contributed by atoms with Crippen LogP contribution in [0.2, 0.25) is 0 Å². The van der Waals surface area contributed by atoms with Crippen molar-refractivity contribution in [2.45, 2.75) is 120 Å². The minimum absolute atomic E-state index is 0.0323. The van der Waals surface area contributed by atoms with Crippen LogP contribution in [0.5, 0.6) is 11.5 Å². The van der Waals surface area contributed by atoms with E-state index in [9.17, 15) is 58.5 Å². The fraction of sp³-hybridized carbons (Fsp3) is 0.386. The zero-order valence-corrected chi connectivity index (χ0v) is 43.9. The number of aromatic nitrogens is 1. The van der Waals surface area contributed by atoms with E-state index in [1.165, 1.54) is 53.4 Å².